The SMILES string of the molecule is CCS(=O)NN. The van der Waals surface area contributed by atoms with Crippen LogP contribution in [-0.4, -0.2) is 9.96 Å². The van der Waals surface area contributed by atoms with Crippen molar-refractivity contribution in [3.05, 3.63) is 0 Å². The Labute approximate surface area is 39.5 Å². The van der Waals surface area contributed by atoms with Crippen LogP contribution in [0.3, 0.4) is 0 Å². The maximum Gasteiger partial charge on any atom is 0.105 e. The van der Waals surface area contributed by atoms with Gasteiger partial charge in [0.05, 0.1) is 0 Å². The van der Waals surface area contributed by atoms with Crippen LogP contribution in [0.15, 0.2) is 0 Å². The summed E-state index contributed by atoms with van der Waals surface area (Å²) in [6.07, 6.45) is 0. The number of rotatable bonds is 2. The average Bonchev–Trinajstić information content (AvgIpc) is 1.65. The molecule has 0 aromatic carbocycles. The minimum absolute atomic E-state index is 0.566. The zero-order valence-electron chi connectivity index (χ0n) is 3.60. The van der Waals surface area contributed by atoms with Gasteiger partial charge in [-0.15, -0.1) is 0 Å². The Morgan fingerprint density at radius 1 is 2.00 bits per heavy atom. The Morgan fingerprint density at radius 3 is 2.50 bits per heavy atom. The summed E-state index contributed by atoms with van der Waals surface area (Å²) in [5, 5.41) is 0. The van der Waals surface area contributed by atoms with Crippen LogP contribution in [0.25, 0.3) is 0 Å². The lowest BCUT2D eigenvalue weighted by Gasteiger charge is -1.87. The topological polar surface area (TPSA) is 55.1 Å². The first-order chi connectivity index (χ1) is 2.81. The van der Waals surface area contributed by atoms with Crippen molar-refractivity contribution in [2.75, 3.05) is 5.75 Å². The van der Waals surface area contributed by atoms with E-state index in [-0.39, 0.29) is 0 Å². The normalized spacial score (nSPS) is 14.3. The van der Waals surface area contributed by atoms with Crippen LogP contribution < -0.4 is 10.7 Å². The lowest BCUT2D eigenvalue weighted by atomic mass is 11.0. The summed E-state index contributed by atoms with van der Waals surface area (Å²) in [4.78, 5) is 2.09. The Kier molecular flexibility index (Phi) is 3.31. The van der Waals surface area contributed by atoms with Crippen LogP contribution in [-0.2, 0) is 11.0 Å². The molecule has 38 valence electrons. The van der Waals surface area contributed by atoms with Crippen molar-refractivity contribution in [1.82, 2.24) is 4.83 Å². The summed E-state index contributed by atoms with van der Waals surface area (Å²) in [7, 11) is -1.01. The molecule has 0 bridgehead atoms. The second-order valence-electron chi connectivity index (χ2n) is 0.752. The number of hydrazine groups is 1. The van der Waals surface area contributed by atoms with Gasteiger partial charge in [0.15, 0.2) is 0 Å². The fraction of sp³-hybridized carbons (Fsp3) is 1.00. The summed E-state index contributed by atoms with van der Waals surface area (Å²) >= 11 is 0. The van der Waals surface area contributed by atoms with E-state index in [1.165, 1.54) is 0 Å². The third-order valence-corrected chi connectivity index (χ3v) is 1.18. The van der Waals surface area contributed by atoms with E-state index in [1.807, 2.05) is 0 Å². The molecule has 0 aliphatic heterocycles. The van der Waals surface area contributed by atoms with Crippen LogP contribution in [0.5, 0.6) is 0 Å². The smallest absolute Gasteiger partial charge is 0.105 e. The molecule has 0 spiro atoms. The van der Waals surface area contributed by atoms with Gasteiger partial charge in [-0.25, -0.2) is 4.21 Å². The quantitative estimate of drug-likeness (QED) is 0.357. The van der Waals surface area contributed by atoms with E-state index < -0.39 is 11.0 Å². The van der Waals surface area contributed by atoms with Crippen molar-refractivity contribution in [2.24, 2.45) is 5.84 Å². The highest BCUT2D eigenvalue weighted by Crippen LogP contribution is 1.63. The molecular weight excluding hydrogens is 100 g/mol. The van der Waals surface area contributed by atoms with Gasteiger partial charge in [0.2, 0.25) is 0 Å². The van der Waals surface area contributed by atoms with E-state index in [0.717, 1.165) is 0 Å². The van der Waals surface area contributed by atoms with E-state index in [0.29, 0.717) is 5.75 Å². The Hall–Kier alpha value is 0.0700. The van der Waals surface area contributed by atoms with Gasteiger partial charge < -0.3 is 0 Å². The number of nitrogens with two attached hydrogens (primary N) is 1. The molecule has 0 aliphatic rings. The van der Waals surface area contributed by atoms with Gasteiger partial charge in [-0.2, -0.15) is 4.83 Å². The molecule has 6 heavy (non-hydrogen) atoms. The zero-order valence-corrected chi connectivity index (χ0v) is 4.42. The van der Waals surface area contributed by atoms with Crippen molar-refractivity contribution in [3.8, 4) is 0 Å². The molecule has 0 radical (unpaired) electrons. The number of nitrogens with one attached hydrogen (secondary N) is 1. The van der Waals surface area contributed by atoms with E-state index >= 15 is 0 Å². The fourth-order valence-electron chi connectivity index (χ4n) is 0.0833. The molecule has 0 aromatic rings. The summed E-state index contributed by atoms with van der Waals surface area (Å²) < 4.78 is 10.1. The largest absolute Gasteiger partial charge is 0.260 e. The molecule has 3 nitrogen and oxygen atoms in total. The van der Waals surface area contributed by atoms with Crippen LogP contribution in [0, 0.1) is 0 Å². The molecule has 0 saturated heterocycles. The van der Waals surface area contributed by atoms with Gasteiger partial charge in [0.25, 0.3) is 0 Å². The second-order valence-corrected chi connectivity index (χ2v) is 2.26. The van der Waals surface area contributed by atoms with Crippen molar-refractivity contribution in [1.29, 1.82) is 0 Å². The molecule has 4 heteroatoms. The predicted octanol–water partition coefficient (Wildman–Crippen LogP) is -0.867. The fourth-order valence-corrected chi connectivity index (χ4v) is 0.250. The Morgan fingerprint density at radius 2 is 2.50 bits per heavy atom. The van der Waals surface area contributed by atoms with Crippen molar-refractivity contribution in [2.45, 2.75) is 6.92 Å². The van der Waals surface area contributed by atoms with Gasteiger partial charge in [-0.1, -0.05) is 6.92 Å². The van der Waals surface area contributed by atoms with Crippen LogP contribution in [0.1, 0.15) is 6.92 Å². The standard InChI is InChI=1S/C2H8N2OS/c1-2-6(5)4-3/h4H,2-3H2,1H3. The molecule has 3 N–H and O–H groups in total. The van der Waals surface area contributed by atoms with E-state index in [9.17, 15) is 4.21 Å². The Balaban J connectivity index is 2.99. The third kappa shape index (κ3) is 2.32. The van der Waals surface area contributed by atoms with Crippen LogP contribution >= 0.6 is 0 Å². The summed E-state index contributed by atoms with van der Waals surface area (Å²) in [6.45, 7) is 1.79. The third-order valence-electron chi connectivity index (χ3n) is 0.394. The number of hydrogen-bond donors (Lipinski definition) is 2. The highest BCUT2D eigenvalue weighted by Gasteiger charge is 1.82. The summed E-state index contributed by atoms with van der Waals surface area (Å²) in [5.74, 6) is 5.30. The molecule has 0 saturated carbocycles. The monoisotopic (exact) mass is 108 g/mol. The first-order valence-corrected chi connectivity index (χ1v) is 2.97. The van der Waals surface area contributed by atoms with Gasteiger partial charge in [0.1, 0.15) is 11.0 Å². The van der Waals surface area contributed by atoms with Gasteiger partial charge in [-0.05, 0) is 0 Å². The number of hydrogen-bond acceptors (Lipinski definition) is 2. The van der Waals surface area contributed by atoms with E-state index in [1.54, 1.807) is 6.92 Å². The van der Waals surface area contributed by atoms with Crippen molar-refractivity contribution < 1.29 is 4.21 Å². The van der Waals surface area contributed by atoms with Crippen LogP contribution in [0.4, 0.5) is 0 Å². The van der Waals surface area contributed by atoms with Gasteiger partial charge in [-0.3, -0.25) is 5.84 Å². The zero-order chi connectivity index (χ0) is 4.99. The van der Waals surface area contributed by atoms with E-state index in [2.05, 4.69) is 4.83 Å². The van der Waals surface area contributed by atoms with Crippen molar-refractivity contribution in [3.63, 3.8) is 0 Å². The first kappa shape index (κ1) is 6.07. The molecule has 0 rings (SSSR count). The second kappa shape index (κ2) is 3.27. The lowest BCUT2D eigenvalue weighted by Crippen LogP contribution is -2.25. The molecule has 0 aliphatic carbocycles. The molecule has 0 aromatic heterocycles. The molecule has 1 unspecified atom stereocenters. The minimum Gasteiger partial charge on any atom is -0.260 e. The average molecular weight is 108 g/mol. The highest BCUT2D eigenvalue weighted by molar-refractivity contribution is 7.82. The highest BCUT2D eigenvalue weighted by atomic mass is 32.2. The van der Waals surface area contributed by atoms with Gasteiger partial charge >= 0.3 is 0 Å². The van der Waals surface area contributed by atoms with E-state index in [4.69, 9.17) is 5.84 Å². The predicted molar refractivity (Wildman–Crippen MR) is 26.0 cm³/mol. The Bertz CT molecular complexity index is 49.5. The minimum atomic E-state index is -1.01. The molecule has 0 heterocycles. The molecule has 0 amide bonds. The summed E-state index contributed by atoms with van der Waals surface area (Å²) in [6, 6.07) is 0. The van der Waals surface area contributed by atoms with Crippen LogP contribution in [0.2, 0.25) is 0 Å². The maximum absolute atomic E-state index is 10.1. The van der Waals surface area contributed by atoms with Crippen molar-refractivity contribution >= 4 is 11.0 Å². The van der Waals surface area contributed by atoms with Gasteiger partial charge in [0, 0.05) is 5.75 Å². The molecule has 1 atom stereocenters. The first-order valence-electron chi connectivity index (χ1n) is 1.66. The summed E-state index contributed by atoms with van der Waals surface area (Å²) in [5.41, 5.74) is 0. The maximum atomic E-state index is 10.1. The molecule has 0 fully saturated rings. The molecular formula is C2H8N2OS. The lowest BCUT2D eigenvalue weighted by molar-refractivity contribution is 0.675.